The van der Waals surface area contributed by atoms with Crippen LogP contribution in [0.15, 0.2) is 27.4 Å². The predicted molar refractivity (Wildman–Crippen MR) is 88.1 cm³/mol. The van der Waals surface area contributed by atoms with Crippen LogP contribution < -0.4 is 10.9 Å². The van der Waals surface area contributed by atoms with Crippen molar-refractivity contribution in [1.82, 2.24) is 0 Å². The van der Waals surface area contributed by atoms with Crippen LogP contribution >= 0.6 is 0 Å². The quantitative estimate of drug-likeness (QED) is 0.831. The maximum atomic E-state index is 11.8. The Labute approximate surface area is 131 Å². The van der Waals surface area contributed by atoms with E-state index in [1.807, 2.05) is 26.8 Å². The van der Waals surface area contributed by atoms with E-state index in [0.29, 0.717) is 18.0 Å². The monoisotopic (exact) mass is 304 g/mol. The maximum Gasteiger partial charge on any atom is 0.336 e. The Morgan fingerprint density at radius 2 is 1.95 bits per heavy atom. The second-order valence-corrected chi connectivity index (χ2v) is 7.01. The molecular weight excluding hydrogens is 278 g/mol. The molecule has 0 saturated heterocycles. The van der Waals surface area contributed by atoms with Crippen LogP contribution in [0.3, 0.4) is 0 Å². The molecule has 2 aromatic rings. The van der Waals surface area contributed by atoms with Gasteiger partial charge >= 0.3 is 5.63 Å². The van der Waals surface area contributed by atoms with Crippen LogP contribution in [-0.2, 0) is 6.54 Å². The fourth-order valence-corrected chi connectivity index (χ4v) is 2.63. The SMILES string of the molecule is Cc1cc2oc(=O)cc(C[NH2+]C(C)(C)CO)c2cc1C(C)C. The van der Waals surface area contributed by atoms with E-state index in [0.717, 1.165) is 16.5 Å². The summed E-state index contributed by atoms with van der Waals surface area (Å²) >= 11 is 0. The standard InChI is InChI=1S/C18H25NO3/c1-11(2)14-8-15-13(9-19-18(4,5)10-20)7-17(21)22-16(15)6-12(14)3/h6-8,11,19-20H,9-10H2,1-5H3/p+1. The largest absolute Gasteiger partial charge is 0.423 e. The zero-order chi connectivity index (χ0) is 16.5. The number of aryl methyl sites for hydroxylation is 1. The summed E-state index contributed by atoms with van der Waals surface area (Å²) in [6, 6.07) is 5.64. The fourth-order valence-electron chi connectivity index (χ4n) is 2.63. The summed E-state index contributed by atoms with van der Waals surface area (Å²) in [6.07, 6.45) is 0. The van der Waals surface area contributed by atoms with E-state index >= 15 is 0 Å². The highest BCUT2D eigenvalue weighted by Crippen LogP contribution is 2.26. The van der Waals surface area contributed by atoms with Gasteiger partial charge in [0.1, 0.15) is 17.7 Å². The molecule has 1 aromatic carbocycles. The van der Waals surface area contributed by atoms with Crippen LogP contribution in [0.1, 0.15) is 50.3 Å². The zero-order valence-corrected chi connectivity index (χ0v) is 14.1. The van der Waals surface area contributed by atoms with Gasteiger partial charge in [0.2, 0.25) is 0 Å². The van der Waals surface area contributed by atoms with Gasteiger partial charge in [-0.05, 0) is 49.9 Å². The number of fused-ring (bicyclic) bond motifs is 1. The van der Waals surface area contributed by atoms with Crippen molar-refractivity contribution in [1.29, 1.82) is 0 Å². The molecule has 3 N–H and O–H groups in total. The fraction of sp³-hybridized carbons (Fsp3) is 0.500. The van der Waals surface area contributed by atoms with Gasteiger partial charge in [0, 0.05) is 17.0 Å². The minimum Gasteiger partial charge on any atom is -0.423 e. The lowest BCUT2D eigenvalue weighted by Crippen LogP contribution is -2.95. The van der Waals surface area contributed by atoms with Crippen LogP contribution in [-0.4, -0.2) is 17.3 Å². The van der Waals surface area contributed by atoms with Crippen molar-refractivity contribution in [3.63, 3.8) is 0 Å². The summed E-state index contributed by atoms with van der Waals surface area (Å²) in [5.41, 5.74) is 3.41. The highest BCUT2D eigenvalue weighted by Gasteiger charge is 2.21. The van der Waals surface area contributed by atoms with E-state index in [-0.39, 0.29) is 17.8 Å². The number of hydrogen-bond acceptors (Lipinski definition) is 3. The molecule has 4 heteroatoms. The first-order valence-corrected chi connectivity index (χ1v) is 7.76. The molecule has 0 unspecified atom stereocenters. The van der Waals surface area contributed by atoms with Gasteiger partial charge in [0.05, 0.1) is 6.61 Å². The van der Waals surface area contributed by atoms with E-state index in [2.05, 4.69) is 25.2 Å². The first-order chi connectivity index (χ1) is 10.2. The summed E-state index contributed by atoms with van der Waals surface area (Å²) < 4.78 is 5.36. The van der Waals surface area contributed by atoms with Crippen molar-refractivity contribution in [3.8, 4) is 0 Å². The Kier molecular flexibility index (Phi) is 4.73. The third kappa shape index (κ3) is 3.57. The molecule has 0 saturated carbocycles. The van der Waals surface area contributed by atoms with Gasteiger partial charge in [-0.3, -0.25) is 0 Å². The molecule has 2 rings (SSSR count). The predicted octanol–water partition coefficient (Wildman–Crippen LogP) is 2.06. The molecule has 0 atom stereocenters. The highest BCUT2D eigenvalue weighted by atomic mass is 16.4. The number of benzene rings is 1. The molecule has 4 nitrogen and oxygen atoms in total. The molecule has 0 bridgehead atoms. The minimum absolute atomic E-state index is 0.0860. The second kappa shape index (κ2) is 6.23. The number of hydrogen-bond donors (Lipinski definition) is 2. The number of aliphatic hydroxyl groups excluding tert-OH is 1. The zero-order valence-electron chi connectivity index (χ0n) is 14.1. The summed E-state index contributed by atoms with van der Waals surface area (Å²) in [6.45, 7) is 11.0. The first kappa shape index (κ1) is 16.7. The first-order valence-electron chi connectivity index (χ1n) is 7.76. The second-order valence-electron chi connectivity index (χ2n) is 7.01. The van der Waals surface area contributed by atoms with Crippen molar-refractivity contribution >= 4 is 11.0 Å². The van der Waals surface area contributed by atoms with Crippen LogP contribution in [0.4, 0.5) is 0 Å². The molecule has 0 radical (unpaired) electrons. The molecule has 0 aliphatic heterocycles. The van der Waals surface area contributed by atoms with Crippen molar-refractivity contribution in [2.75, 3.05) is 6.61 Å². The van der Waals surface area contributed by atoms with E-state index in [1.165, 1.54) is 5.56 Å². The van der Waals surface area contributed by atoms with Gasteiger partial charge in [-0.1, -0.05) is 13.8 Å². The number of nitrogens with two attached hydrogens (primary N) is 1. The molecule has 22 heavy (non-hydrogen) atoms. The molecular formula is C18H26NO3+. The van der Waals surface area contributed by atoms with Gasteiger partial charge in [-0.25, -0.2) is 4.79 Å². The molecule has 1 aromatic heterocycles. The van der Waals surface area contributed by atoms with Crippen molar-refractivity contribution in [2.24, 2.45) is 0 Å². The van der Waals surface area contributed by atoms with Gasteiger partial charge in [0.15, 0.2) is 0 Å². The van der Waals surface area contributed by atoms with Gasteiger partial charge in [-0.2, -0.15) is 0 Å². The summed E-state index contributed by atoms with van der Waals surface area (Å²) in [4.78, 5) is 11.8. The van der Waals surface area contributed by atoms with Crippen molar-refractivity contribution < 1.29 is 14.8 Å². The lowest BCUT2D eigenvalue weighted by atomic mass is 9.94. The number of aliphatic hydroxyl groups is 1. The highest BCUT2D eigenvalue weighted by molar-refractivity contribution is 5.82. The molecule has 0 spiro atoms. The molecule has 1 heterocycles. The van der Waals surface area contributed by atoms with Crippen LogP contribution in [0, 0.1) is 6.92 Å². The summed E-state index contributed by atoms with van der Waals surface area (Å²) in [7, 11) is 0. The van der Waals surface area contributed by atoms with Crippen molar-refractivity contribution in [3.05, 3.63) is 45.3 Å². The lowest BCUT2D eigenvalue weighted by molar-refractivity contribution is -0.736. The Morgan fingerprint density at radius 1 is 1.27 bits per heavy atom. The van der Waals surface area contributed by atoms with Gasteiger partial charge < -0.3 is 14.8 Å². The molecule has 0 aliphatic rings. The molecule has 0 fully saturated rings. The third-order valence-electron chi connectivity index (χ3n) is 4.12. The molecule has 120 valence electrons. The van der Waals surface area contributed by atoms with Crippen molar-refractivity contribution in [2.45, 2.75) is 52.6 Å². The van der Waals surface area contributed by atoms with Gasteiger partial charge in [-0.15, -0.1) is 0 Å². The molecule has 0 amide bonds. The van der Waals surface area contributed by atoms with Crippen LogP contribution in [0.5, 0.6) is 0 Å². The smallest absolute Gasteiger partial charge is 0.336 e. The topological polar surface area (TPSA) is 67.0 Å². The lowest BCUT2D eigenvalue weighted by Gasteiger charge is -2.20. The average Bonchev–Trinajstić information content (AvgIpc) is 2.43. The van der Waals surface area contributed by atoms with E-state index in [1.54, 1.807) is 6.07 Å². The Balaban J connectivity index is 2.52. The summed E-state index contributed by atoms with van der Waals surface area (Å²) in [5, 5.41) is 12.4. The van der Waals surface area contributed by atoms with E-state index in [4.69, 9.17) is 4.42 Å². The van der Waals surface area contributed by atoms with Gasteiger partial charge in [0.25, 0.3) is 0 Å². The maximum absolute atomic E-state index is 11.8. The Hall–Kier alpha value is -1.65. The third-order valence-corrected chi connectivity index (χ3v) is 4.12. The normalized spacial score (nSPS) is 12.3. The minimum atomic E-state index is -0.325. The number of rotatable bonds is 5. The molecule has 0 aliphatic carbocycles. The number of quaternary nitrogens is 1. The summed E-state index contributed by atoms with van der Waals surface area (Å²) in [5.74, 6) is 0.419. The van der Waals surface area contributed by atoms with E-state index < -0.39 is 0 Å². The Bertz CT molecular complexity index is 729. The van der Waals surface area contributed by atoms with E-state index in [9.17, 15) is 9.90 Å². The Morgan fingerprint density at radius 3 is 2.55 bits per heavy atom. The van der Waals surface area contributed by atoms with Crippen LogP contribution in [0.25, 0.3) is 11.0 Å². The van der Waals surface area contributed by atoms with Crippen LogP contribution in [0.2, 0.25) is 0 Å². The average molecular weight is 304 g/mol.